The third-order valence-electron chi connectivity index (χ3n) is 4.97. The Morgan fingerprint density at radius 2 is 1.08 bits per heavy atom. The van der Waals surface area contributed by atoms with E-state index in [-0.39, 0.29) is 0 Å². The summed E-state index contributed by atoms with van der Waals surface area (Å²) >= 11 is 3.95. The third-order valence-corrected chi connectivity index (χ3v) is 7.38. The lowest BCUT2D eigenvalue weighted by Gasteiger charge is -2.33. The highest BCUT2D eigenvalue weighted by Gasteiger charge is 2.11. The Morgan fingerprint density at radius 3 is 1.42 bits per heavy atom. The van der Waals surface area contributed by atoms with Gasteiger partial charge in [-0.2, -0.15) is 0 Å². The molecule has 26 heavy (non-hydrogen) atoms. The third kappa shape index (κ3) is 5.88. The normalized spacial score (nSPS) is 22.7. The van der Waals surface area contributed by atoms with Gasteiger partial charge in [0.25, 0.3) is 0 Å². The predicted octanol–water partition coefficient (Wildman–Crippen LogP) is 5.57. The molecule has 0 unspecified atom stereocenters. The molecule has 0 saturated carbocycles. The van der Waals surface area contributed by atoms with Crippen LogP contribution in [0.1, 0.15) is 26.7 Å². The summed E-state index contributed by atoms with van der Waals surface area (Å²) in [6.45, 7) is 8.86. The zero-order chi connectivity index (χ0) is 18.2. The molecule has 0 bridgehead atoms. The molecule has 0 radical (unpaired) electrons. The highest BCUT2D eigenvalue weighted by molar-refractivity contribution is 8.03. The van der Waals surface area contributed by atoms with Gasteiger partial charge >= 0.3 is 0 Å². The lowest BCUT2D eigenvalue weighted by atomic mass is 10.2. The maximum Gasteiger partial charge on any atom is 0.0349 e. The molecule has 3 rings (SSSR count). The van der Waals surface area contributed by atoms with Gasteiger partial charge in [-0.25, -0.2) is 0 Å². The first kappa shape index (κ1) is 19.5. The molecule has 0 aromatic rings. The number of rotatable bonds is 6. The van der Waals surface area contributed by atoms with Gasteiger partial charge in [-0.1, -0.05) is 23.3 Å². The Hall–Kier alpha value is -1.26. The van der Waals surface area contributed by atoms with Crippen LogP contribution in [-0.2, 0) is 0 Å². The van der Waals surface area contributed by atoms with Gasteiger partial charge in [-0.3, -0.25) is 0 Å². The fraction of sp³-hybridized carbons (Fsp3) is 0.455. The van der Waals surface area contributed by atoms with Gasteiger partial charge in [0, 0.05) is 47.5 Å². The zero-order valence-corrected chi connectivity index (χ0v) is 17.6. The second-order valence-electron chi connectivity index (χ2n) is 6.96. The molecule has 0 aromatic carbocycles. The van der Waals surface area contributed by atoms with E-state index < -0.39 is 0 Å². The molecule has 0 amide bonds. The largest absolute Gasteiger partial charge is 0.374 e. The smallest absolute Gasteiger partial charge is 0.0349 e. The van der Waals surface area contributed by atoms with Crippen molar-refractivity contribution in [2.45, 2.75) is 26.7 Å². The molecule has 2 nitrogen and oxygen atoms in total. The SMILES string of the molecule is CC1=C(C=CC=CN2CCN(C=CC=CC3=C(C)CCS3)CC2)SCC1. The topological polar surface area (TPSA) is 6.48 Å². The van der Waals surface area contributed by atoms with Crippen LogP contribution in [0.3, 0.4) is 0 Å². The molecule has 140 valence electrons. The number of nitrogens with zero attached hydrogens (tertiary/aromatic N) is 2. The average molecular weight is 387 g/mol. The molecule has 0 aromatic heterocycles. The number of piperazine rings is 1. The van der Waals surface area contributed by atoms with Crippen LogP contribution in [0.25, 0.3) is 0 Å². The maximum atomic E-state index is 2.41. The first-order valence-corrected chi connectivity index (χ1v) is 11.5. The van der Waals surface area contributed by atoms with Crippen LogP contribution in [0, 0.1) is 0 Å². The standard InChI is InChI=1S/C22H30N2S2/c1-19-9-17-25-21(19)7-3-5-11-23-13-15-24(16-14-23)12-6-4-8-22-20(2)10-18-26-22/h3-8,11-12H,9-10,13-18H2,1-2H3. The Labute approximate surface area is 167 Å². The molecule has 1 fully saturated rings. The van der Waals surface area contributed by atoms with E-state index in [0.717, 1.165) is 26.2 Å². The van der Waals surface area contributed by atoms with E-state index in [9.17, 15) is 0 Å². The molecule has 1 saturated heterocycles. The minimum Gasteiger partial charge on any atom is -0.374 e. The lowest BCUT2D eigenvalue weighted by molar-refractivity contribution is 0.218. The van der Waals surface area contributed by atoms with Gasteiger partial charge in [0.1, 0.15) is 0 Å². The quantitative estimate of drug-likeness (QED) is 0.551. The van der Waals surface area contributed by atoms with Crippen molar-refractivity contribution in [3.8, 4) is 0 Å². The summed E-state index contributed by atoms with van der Waals surface area (Å²) in [4.78, 5) is 7.74. The first-order chi connectivity index (χ1) is 12.7. The van der Waals surface area contributed by atoms with E-state index in [1.54, 1.807) is 0 Å². The summed E-state index contributed by atoms with van der Waals surface area (Å²) in [5, 5.41) is 0. The van der Waals surface area contributed by atoms with E-state index in [4.69, 9.17) is 0 Å². The second kappa shape index (κ2) is 10.2. The fourth-order valence-electron chi connectivity index (χ4n) is 3.17. The van der Waals surface area contributed by atoms with Gasteiger partial charge < -0.3 is 9.80 Å². The predicted molar refractivity (Wildman–Crippen MR) is 119 cm³/mol. The van der Waals surface area contributed by atoms with Crippen molar-refractivity contribution in [3.63, 3.8) is 0 Å². The maximum absolute atomic E-state index is 2.41. The molecule has 3 aliphatic heterocycles. The Balaban J connectivity index is 1.37. The zero-order valence-electron chi connectivity index (χ0n) is 16.0. The van der Waals surface area contributed by atoms with Crippen molar-refractivity contribution in [1.82, 2.24) is 9.80 Å². The summed E-state index contributed by atoms with van der Waals surface area (Å²) in [7, 11) is 0. The van der Waals surface area contributed by atoms with E-state index in [0.29, 0.717) is 0 Å². The summed E-state index contributed by atoms with van der Waals surface area (Å²) in [6, 6.07) is 0. The van der Waals surface area contributed by atoms with Gasteiger partial charge in [-0.15, -0.1) is 23.5 Å². The van der Waals surface area contributed by atoms with Crippen LogP contribution in [0.15, 0.2) is 69.8 Å². The van der Waals surface area contributed by atoms with E-state index in [1.807, 2.05) is 23.5 Å². The molecule has 0 spiro atoms. The van der Waals surface area contributed by atoms with Crippen molar-refractivity contribution < 1.29 is 0 Å². The summed E-state index contributed by atoms with van der Waals surface area (Å²) in [6.07, 6.45) is 20.2. The minimum absolute atomic E-state index is 1.09. The molecule has 0 N–H and O–H groups in total. The number of hydrogen-bond donors (Lipinski definition) is 0. The van der Waals surface area contributed by atoms with Gasteiger partial charge in [0.15, 0.2) is 0 Å². The van der Waals surface area contributed by atoms with Gasteiger partial charge in [0.05, 0.1) is 0 Å². The monoisotopic (exact) mass is 386 g/mol. The number of thioether (sulfide) groups is 2. The lowest BCUT2D eigenvalue weighted by Crippen LogP contribution is -2.41. The Kier molecular flexibility index (Phi) is 7.63. The highest BCUT2D eigenvalue weighted by atomic mass is 32.2. The van der Waals surface area contributed by atoms with Gasteiger partial charge in [-0.05, 0) is 63.4 Å². The van der Waals surface area contributed by atoms with Crippen LogP contribution in [0.2, 0.25) is 0 Å². The molecule has 3 aliphatic rings. The summed E-state index contributed by atoms with van der Waals surface area (Å²) in [5.41, 5.74) is 3.07. The van der Waals surface area contributed by atoms with Crippen LogP contribution in [0.4, 0.5) is 0 Å². The van der Waals surface area contributed by atoms with E-state index >= 15 is 0 Å². The average Bonchev–Trinajstić information content (AvgIpc) is 3.25. The summed E-state index contributed by atoms with van der Waals surface area (Å²) in [5.74, 6) is 2.49. The van der Waals surface area contributed by atoms with Crippen LogP contribution < -0.4 is 0 Å². The second-order valence-corrected chi connectivity index (χ2v) is 9.23. The Morgan fingerprint density at radius 1 is 0.654 bits per heavy atom. The van der Waals surface area contributed by atoms with Crippen molar-refractivity contribution in [3.05, 3.63) is 69.8 Å². The highest BCUT2D eigenvalue weighted by Crippen LogP contribution is 2.32. The van der Waals surface area contributed by atoms with Crippen LogP contribution >= 0.6 is 23.5 Å². The first-order valence-electron chi connectivity index (χ1n) is 9.55. The van der Waals surface area contributed by atoms with Crippen molar-refractivity contribution in [2.24, 2.45) is 0 Å². The number of allylic oxidation sites excluding steroid dienone is 8. The molecule has 4 heteroatoms. The number of hydrogen-bond acceptors (Lipinski definition) is 4. The molecule has 0 atom stereocenters. The fourth-order valence-corrected chi connectivity index (χ4v) is 5.47. The van der Waals surface area contributed by atoms with E-state index in [1.165, 1.54) is 45.3 Å². The summed E-state index contributed by atoms with van der Waals surface area (Å²) < 4.78 is 0. The Bertz CT molecular complexity index is 602. The minimum atomic E-state index is 1.09. The molecular weight excluding hydrogens is 356 g/mol. The van der Waals surface area contributed by atoms with Gasteiger partial charge in [0.2, 0.25) is 0 Å². The van der Waals surface area contributed by atoms with Crippen molar-refractivity contribution in [2.75, 3.05) is 37.7 Å². The molecule has 0 aliphatic carbocycles. The van der Waals surface area contributed by atoms with Crippen LogP contribution in [0.5, 0.6) is 0 Å². The molecular formula is C22H30N2S2. The van der Waals surface area contributed by atoms with Crippen LogP contribution in [-0.4, -0.2) is 47.5 Å². The molecule has 3 heterocycles. The van der Waals surface area contributed by atoms with E-state index in [2.05, 4.69) is 72.5 Å². The van der Waals surface area contributed by atoms with Crippen molar-refractivity contribution >= 4 is 23.5 Å². The van der Waals surface area contributed by atoms with Crippen molar-refractivity contribution in [1.29, 1.82) is 0 Å².